The van der Waals surface area contributed by atoms with Gasteiger partial charge in [-0.1, -0.05) is 5.21 Å². The number of aliphatic hydroxyl groups is 1. The Labute approximate surface area is 51.1 Å². The van der Waals surface area contributed by atoms with Gasteiger partial charge in [0.1, 0.15) is 5.60 Å². The average molecular weight is 126 g/mol. The summed E-state index contributed by atoms with van der Waals surface area (Å²) in [6.07, 6.45) is 1.51. The number of aromatic amines is 1. The molecule has 1 heterocycles. The number of nitrogens with zero attached hydrogens (tertiary/aromatic N) is 3. The first kappa shape index (κ1) is 4.87. The molecule has 0 aromatic carbocycles. The van der Waals surface area contributed by atoms with Gasteiger partial charge in [-0.3, -0.25) is 0 Å². The second kappa shape index (κ2) is 1.30. The molecule has 5 nitrogen and oxygen atoms in total. The van der Waals surface area contributed by atoms with E-state index < -0.39 is 5.60 Å². The molecule has 0 radical (unpaired) electrons. The average Bonchev–Trinajstić information content (AvgIpc) is 2.46. The van der Waals surface area contributed by atoms with Crippen molar-refractivity contribution < 1.29 is 5.11 Å². The number of hydrogen-bond acceptors (Lipinski definition) is 4. The molecule has 0 atom stereocenters. The van der Waals surface area contributed by atoms with Crippen molar-refractivity contribution in [2.45, 2.75) is 18.4 Å². The fourth-order valence-corrected chi connectivity index (χ4v) is 0.701. The zero-order valence-corrected chi connectivity index (χ0v) is 4.70. The van der Waals surface area contributed by atoms with Crippen molar-refractivity contribution >= 4 is 0 Å². The van der Waals surface area contributed by atoms with Gasteiger partial charge in [-0.2, -0.15) is 5.21 Å². The predicted molar refractivity (Wildman–Crippen MR) is 27.3 cm³/mol. The summed E-state index contributed by atoms with van der Waals surface area (Å²) < 4.78 is 0. The number of nitrogens with one attached hydrogen (secondary N) is 1. The second-order valence-corrected chi connectivity index (χ2v) is 2.27. The molecule has 0 aliphatic heterocycles. The largest absolute Gasteiger partial charge is 0.382 e. The third-order valence-corrected chi connectivity index (χ3v) is 1.49. The van der Waals surface area contributed by atoms with Crippen LogP contribution in [-0.4, -0.2) is 25.7 Å². The highest BCUT2D eigenvalue weighted by atomic mass is 16.3. The molecule has 1 aromatic rings. The quantitative estimate of drug-likeness (QED) is 0.515. The smallest absolute Gasteiger partial charge is 0.205 e. The van der Waals surface area contributed by atoms with E-state index in [2.05, 4.69) is 20.6 Å². The van der Waals surface area contributed by atoms with Gasteiger partial charge < -0.3 is 5.11 Å². The standard InChI is InChI=1S/C4H6N4O/c9-4(1-2-4)3-5-7-8-6-3/h9H,1-2H2,(H,5,6,7,8). The first-order chi connectivity index (χ1) is 4.31. The number of rotatable bonds is 1. The Morgan fingerprint density at radius 1 is 1.56 bits per heavy atom. The molecule has 1 aliphatic rings. The molecular weight excluding hydrogens is 120 g/mol. The Bertz CT molecular complexity index is 202. The Balaban J connectivity index is 2.34. The maximum Gasteiger partial charge on any atom is 0.205 e. The summed E-state index contributed by atoms with van der Waals surface area (Å²) in [5.41, 5.74) is -0.743. The minimum atomic E-state index is -0.743. The SMILES string of the molecule is OC1(c2nn[nH]n2)CC1. The van der Waals surface area contributed by atoms with Gasteiger partial charge in [0.15, 0.2) is 0 Å². The fraction of sp³-hybridized carbons (Fsp3) is 0.750. The van der Waals surface area contributed by atoms with Crippen molar-refractivity contribution in [2.75, 3.05) is 0 Å². The van der Waals surface area contributed by atoms with Crippen molar-refractivity contribution in [1.29, 1.82) is 0 Å². The molecule has 2 N–H and O–H groups in total. The van der Waals surface area contributed by atoms with Gasteiger partial charge >= 0.3 is 0 Å². The van der Waals surface area contributed by atoms with Gasteiger partial charge in [0, 0.05) is 0 Å². The first-order valence-electron chi connectivity index (χ1n) is 2.78. The van der Waals surface area contributed by atoms with Crippen LogP contribution in [0.5, 0.6) is 0 Å². The number of tetrazole rings is 1. The summed E-state index contributed by atoms with van der Waals surface area (Å²) in [5, 5.41) is 22.2. The molecule has 0 saturated heterocycles. The lowest BCUT2D eigenvalue weighted by Gasteiger charge is -1.95. The van der Waals surface area contributed by atoms with Crippen LogP contribution < -0.4 is 0 Å². The summed E-state index contributed by atoms with van der Waals surface area (Å²) in [6.45, 7) is 0. The highest BCUT2D eigenvalue weighted by Gasteiger charge is 2.46. The van der Waals surface area contributed by atoms with Crippen molar-refractivity contribution in [1.82, 2.24) is 20.6 Å². The molecule has 0 unspecified atom stereocenters. The molecule has 9 heavy (non-hydrogen) atoms. The molecule has 0 bridgehead atoms. The van der Waals surface area contributed by atoms with Crippen LogP contribution in [0.15, 0.2) is 0 Å². The van der Waals surface area contributed by atoms with E-state index >= 15 is 0 Å². The monoisotopic (exact) mass is 126 g/mol. The summed E-state index contributed by atoms with van der Waals surface area (Å²) >= 11 is 0. The lowest BCUT2D eigenvalue weighted by molar-refractivity contribution is 0.141. The van der Waals surface area contributed by atoms with E-state index in [1.54, 1.807) is 0 Å². The Morgan fingerprint density at radius 3 is 2.78 bits per heavy atom. The van der Waals surface area contributed by atoms with E-state index in [-0.39, 0.29) is 0 Å². The zero-order chi connectivity index (χ0) is 6.32. The van der Waals surface area contributed by atoms with E-state index in [4.69, 9.17) is 0 Å². The summed E-state index contributed by atoms with van der Waals surface area (Å²) in [6, 6.07) is 0. The third-order valence-electron chi connectivity index (χ3n) is 1.49. The van der Waals surface area contributed by atoms with E-state index in [1.165, 1.54) is 0 Å². The predicted octanol–water partition coefficient (Wildman–Crippen LogP) is -0.819. The van der Waals surface area contributed by atoms with E-state index in [9.17, 15) is 5.11 Å². The molecule has 1 saturated carbocycles. The van der Waals surface area contributed by atoms with Crippen molar-refractivity contribution in [3.63, 3.8) is 0 Å². The Kier molecular flexibility index (Phi) is 0.702. The molecule has 1 aromatic heterocycles. The minimum absolute atomic E-state index is 0.419. The first-order valence-corrected chi connectivity index (χ1v) is 2.78. The van der Waals surface area contributed by atoms with Gasteiger partial charge in [-0.15, -0.1) is 10.2 Å². The van der Waals surface area contributed by atoms with Crippen LogP contribution in [0.2, 0.25) is 0 Å². The number of H-pyrrole nitrogens is 1. The normalized spacial score (nSPS) is 21.9. The maximum atomic E-state index is 9.30. The van der Waals surface area contributed by atoms with E-state index in [0.29, 0.717) is 5.82 Å². The van der Waals surface area contributed by atoms with Crippen LogP contribution in [-0.2, 0) is 5.60 Å². The Hall–Kier alpha value is -0.970. The molecule has 2 rings (SSSR count). The molecule has 48 valence electrons. The highest BCUT2D eigenvalue weighted by molar-refractivity contribution is 5.07. The Morgan fingerprint density at radius 2 is 2.33 bits per heavy atom. The van der Waals surface area contributed by atoms with Gasteiger partial charge in [0.05, 0.1) is 0 Å². The summed E-state index contributed by atoms with van der Waals surface area (Å²) in [7, 11) is 0. The van der Waals surface area contributed by atoms with Gasteiger partial charge in [-0.25, -0.2) is 0 Å². The topological polar surface area (TPSA) is 74.7 Å². The number of aromatic nitrogens is 4. The number of hydrogen-bond donors (Lipinski definition) is 2. The van der Waals surface area contributed by atoms with E-state index in [1.807, 2.05) is 0 Å². The van der Waals surface area contributed by atoms with E-state index in [0.717, 1.165) is 12.8 Å². The van der Waals surface area contributed by atoms with Gasteiger partial charge in [0.25, 0.3) is 0 Å². The lowest BCUT2D eigenvalue weighted by Crippen LogP contribution is -2.06. The molecule has 5 heteroatoms. The minimum Gasteiger partial charge on any atom is -0.382 e. The van der Waals surface area contributed by atoms with Crippen LogP contribution in [0, 0.1) is 0 Å². The van der Waals surface area contributed by atoms with Crippen molar-refractivity contribution in [3.05, 3.63) is 5.82 Å². The van der Waals surface area contributed by atoms with Crippen LogP contribution in [0.3, 0.4) is 0 Å². The van der Waals surface area contributed by atoms with Crippen molar-refractivity contribution in [3.8, 4) is 0 Å². The molecular formula is C4H6N4O. The molecule has 1 fully saturated rings. The zero-order valence-electron chi connectivity index (χ0n) is 4.70. The maximum absolute atomic E-state index is 9.30. The van der Waals surface area contributed by atoms with Crippen LogP contribution in [0.25, 0.3) is 0 Å². The van der Waals surface area contributed by atoms with Crippen LogP contribution in [0.4, 0.5) is 0 Å². The second-order valence-electron chi connectivity index (χ2n) is 2.27. The lowest BCUT2D eigenvalue weighted by atomic mass is 10.3. The fourth-order valence-electron chi connectivity index (χ4n) is 0.701. The van der Waals surface area contributed by atoms with Gasteiger partial charge in [0.2, 0.25) is 5.82 Å². The summed E-state index contributed by atoms with van der Waals surface area (Å²) in [4.78, 5) is 0. The van der Waals surface area contributed by atoms with Crippen molar-refractivity contribution in [2.24, 2.45) is 0 Å². The summed E-state index contributed by atoms with van der Waals surface area (Å²) in [5.74, 6) is 0.419. The van der Waals surface area contributed by atoms with Crippen LogP contribution >= 0.6 is 0 Å². The molecule has 1 aliphatic carbocycles. The molecule has 0 amide bonds. The highest BCUT2D eigenvalue weighted by Crippen LogP contribution is 2.42. The third kappa shape index (κ3) is 0.613. The van der Waals surface area contributed by atoms with Crippen LogP contribution in [0.1, 0.15) is 18.7 Å². The van der Waals surface area contributed by atoms with Gasteiger partial charge in [-0.05, 0) is 12.8 Å². The molecule has 0 spiro atoms.